The SMILES string of the molecule is CC(C)(C)C1=C2CCCCC2=C(C(C)(C)C)C1. The van der Waals surface area contributed by atoms with Crippen LogP contribution in [0.1, 0.15) is 73.6 Å². The van der Waals surface area contributed by atoms with Crippen molar-refractivity contribution in [1.82, 2.24) is 0 Å². The fraction of sp³-hybridized carbons (Fsp3) is 0.765. The molecular weight excluding hydrogens is 204 g/mol. The molecular formula is C17H28. The molecule has 2 aliphatic carbocycles. The van der Waals surface area contributed by atoms with E-state index in [-0.39, 0.29) is 0 Å². The molecule has 0 aromatic carbocycles. The minimum Gasteiger partial charge on any atom is -0.0573 e. The van der Waals surface area contributed by atoms with Gasteiger partial charge in [-0.2, -0.15) is 0 Å². The van der Waals surface area contributed by atoms with Crippen LogP contribution in [0.5, 0.6) is 0 Å². The monoisotopic (exact) mass is 232 g/mol. The molecule has 0 aromatic rings. The van der Waals surface area contributed by atoms with E-state index in [1.54, 1.807) is 22.3 Å². The van der Waals surface area contributed by atoms with Gasteiger partial charge in [-0.25, -0.2) is 0 Å². The lowest BCUT2D eigenvalue weighted by Crippen LogP contribution is -2.13. The molecule has 0 saturated heterocycles. The normalized spacial score (nSPS) is 22.2. The zero-order chi connectivity index (χ0) is 12.8. The Balaban J connectivity index is 2.44. The second kappa shape index (κ2) is 4.00. The highest BCUT2D eigenvalue weighted by molar-refractivity contribution is 5.51. The van der Waals surface area contributed by atoms with Gasteiger partial charge in [0.2, 0.25) is 0 Å². The molecule has 0 aliphatic heterocycles. The largest absolute Gasteiger partial charge is 0.0573 e. The molecule has 1 fully saturated rings. The fourth-order valence-corrected chi connectivity index (χ4v) is 3.40. The standard InChI is InChI=1S/C17H28/c1-16(2,3)14-11-15(17(4,5)6)13-10-8-7-9-12(13)14/h7-11H2,1-6H3. The molecule has 0 bridgehead atoms. The Morgan fingerprint density at radius 2 is 1.00 bits per heavy atom. The van der Waals surface area contributed by atoms with Crippen LogP contribution < -0.4 is 0 Å². The Labute approximate surface area is 107 Å². The van der Waals surface area contributed by atoms with Crippen LogP contribution in [0.4, 0.5) is 0 Å². The molecule has 2 rings (SSSR count). The van der Waals surface area contributed by atoms with Gasteiger partial charge in [0.15, 0.2) is 0 Å². The van der Waals surface area contributed by atoms with Crippen molar-refractivity contribution in [2.24, 2.45) is 10.8 Å². The van der Waals surface area contributed by atoms with Gasteiger partial charge in [-0.05, 0) is 54.1 Å². The summed E-state index contributed by atoms with van der Waals surface area (Å²) >= 11 is 0. The quantitative estimate of drug-likeness (QED) is 0.506. The van der Waals surface area contributed by atoms with Gasteiger partial charge in [0.25, 0.3) is 0 Å². The van der Waals surface area contributed by atoms with Crippen molar-refractivity contribution in [3.05, 3.63) is 22.3 Å². The Kier molecular flexibility index (Phi) is 3.04. The minimum absolute atomic E-state index is 0.352. The van der Waals surface area contributed by atoms with E-state index in [1.807, 2.05) is 0 Å². The van der Waals surface area contributed by atoms with E-state index in [2.05, 4.69) is 41.5 Å². The van der Waals surface area contributed by atoms with E-state index in [9.17, 15) is 0 Å². The number of hydrogen-bond donors (Lipinski definition) is 0. The number of rotatable bonds is 0. The zero-order valence-corrected chi connectivity index (χ0v) is 12.5. The molecule has 0 amide bonds. The molecule has 0 aromatic heterocycles. The molecule has 0 spiro atoms. The summed E-state index contributed by atoms with van der Waals surface area (Å²) in [6.07, 6.45) is 6.71. The number of fused-ring (bicyclic) bond motifs is 1. The van der Waals surface area contributed by atoms with Crippen LogP contribution in [0, 0.1) is 10.8 Å². The molecule has 0 atom stereocenters. The van der Waals surface area contributed by atoms with Gasteiger partial charge < -0.3 is 0 Å². The van der Waals surface area contributed by atoms with Gasteiger partial charge in [0, 0.05) is 0 Å². The summed E-state index contributed by atoms with van der Waals surface area (Å²) in [5.74, 6) is 0. The van der Waals surface area contributed by atoms with Crippen LogP contribution >= 0.6 is 0 Å². The van der Waals surface area contributed by atoms with Crippen molar-refractivity contribution < 1.29 is 0 Å². The molecule has 96 valence electrons. The van der Waals surface area contributed by atoms with Crippen molar-refractivity contribution in [1.29, 1.82) is 0 Å². The first-order valence-corrected chi connectivity index (χ1v) is 7.16. The lowest BCUT2D eigenvalue weighted by Gasteiger charge is -2.26. The van der Waals surface area contributed by atoms with Gasteiger partial charge >= 0.3 is 0 Å². The van der Waals surface area contributed by atoms with E-state index in [0.29, 0.717) is 10.8 Å². The third kappa shape index (κ3) is 2.37. The topological polar surface area (TPSA) is 0 Å². The molecule has 0 unspecified atom stereocenters. The van der Waals surface area contributed by atoms with Gasteiger partial charge in [0.05, 0.1) is 0 Å². The average Bonchev–Trinajstić information content (AvgIpc) is 2.55. The number of hydrogen-bond acceptors (Lipinski definition) is 0. The lowest BCUT2D eigenvalue weighted by atomic mass is 9.79. The van der Waals surface area contributed by atoms with E-state index >= 15 is 0 Å². The van der Waals surface area contributed by atoms with Crippen LogP contribution in [0.3, 0.4) is 0 Å². The highest BCUT2D eigenvalue weighted by atomic mass is 14.4. The third-order valence-electron chi connectivity index (χ3n) is 4.36. The molecule has 17 heavy (non-hydrogen) atoms. The molecule has 0 heteroatoms. The molecule has 0 heterocycles. The highest BCUT2D eigenvalue weighted by Crippen LogP contribution is 2.51. The van der Waals surface area contributed by atoms with Crippen LogP contribution in [0.25, 0.3) is 0 Å². The van der Waals surface area contributed by atoms with E-state index in [4.69, 9.17) is 0 Å². The second-order valence-electron chi connectivity index (χ2n) is 7.80. The van der Waals surface area contributed by atoms with Crippen molar-refractivity contribution in [2.75, 3.05) is 0 Å². The molecule has 0 N–H and O–H groups in total. The zero-order valence-electron chi connectivity index (χ0n) is 12.5. The Morgan fingerprint density at radius 1 is 0.647 bits per heavy atom. The van der Waals surface area contributed by atoms with Crippen LogP contribution in [-0.4, -0.2) is 0 Å². The van der Waals surface area contributed by atoms with Gasteiger partial charge in [-0.15, -0.1) is 0 Å². The van der Waals surface area contributed by atoms with Crippen molar-refractivity contribution in [3.63, 3.8) is 0 Å². The molecule has 0 nitrogen and oxygen atoms in total. The Bertz CT molecular complexity index is 339. The Morgan fingerprint density at radius 3 is 1.29 bits per heavy atom. The molecule has 1 saturated carbocycles. The van der Waals surface area contributed by atoms with E-state index in [1.165, 1.54) is 32.1 Å². The van der Waals surface area contributed by atoms with Crippen molar-refractivity contribution in [2.45, 2.75) is 73.6 Å². The van der Waals surface area contributed by atoms with Crippen molar-refractivity contribution in [3.8, 4) is 0 Å². The maximum atomic E-state index is 2.38. The Hall–Kier alpha value is -0.520. The molecule has 0 radical (unpaired) electrons. The van der Waals surface area contributed by atoms with Crippen molar-refractivity contribution >= 4 is 0 Å². The summed E-state index contributed by atoms with van der Waals surface area (Å²) in [6.45, 7) is 14.3. The number of allylic oxidation sites excluding steroid dienone is 4. The van der Waals surface area contributed by atoms with E-state index < -0.39 is 0 Å². The second-order valence-corrected chi connectivity index (χ2v) is 7.80. The lowest BCUT2D eigenvalue weighted by molar-refractivity contribution is 0.455. The summed E-state index contributed by atoms with van der Waals surface area (Å²) in [7, 11) is 0. The average molecular weight is 232 g/mol. The smallest absolute Gasteiger partial charge is 0.00861 e. The van der Waals surface area contributed by atoms with Gasteiger partial charge in [-0.1, -0.05) is 52.7 Å². The molecule has 2 aliphatic rings. The highest BCUT2D eigenvalue weighted by Gasteiger charge is 2.35. The summed E-state index contributed by atoms with van der Waals surface area (Å²) in [5.41, 5.74) is 7.66. The predicted octanol–water partition coefficient (Wildman–Crippen LogP) is 5.65. The predicted molar refractivity (Wildman–Crippen MR) is 76.0 cm³/mol. The van der Waals surface area contributed by atoms with Crippen LogP contribution in [0.2, 0.25) is 0 Å². The minimum atomic E-state index is 0.352. The summed E-state index contributed by atoms with van der Waals surface area (Å²) in [5, 5.41) is 0. The third-order valence-corrected chi connectivity index (χ3v) is 4.36. The van der Waals surface area contributed by atoms with E-state index in [0.717, 1.165) is 0 Å². The van der Waals surface area contributed by atoms with Gasteiger partial charge in [-0.3, -0.25) is 0 Å². The fourth-order valence-electron chi connectivity index (χ4n) is 3.40. The van der Waals surface area contributed by atoms with Crippen LogP contribution in [0.15, 0.2) is 22.3 Å². The van der Waals surface area contributed by atoms with Gasteiger partial charge in [0.1, 0.15) is 0 Å². The summed E-state index contributed by atoms with van der Waals surface area (Å²) in [4.78, 5) is 0. The first-order valence-electron chi connectivity index (χ1n) is 7.16. The first kappa shape index (κ1) is 12.9. The maximum Gasteiger partial charge on any atom is -0.00861 e. The summed E-state index contributed by atoms with van der Waals surface area (Å²) in [6, 6.07) is 0. The summed E-state index contributed by atoms with van der Waals surface area (Å²) < 4.78 is 0. The van der Waals surface area contributed by atoms with Crippen LogP contribution in [-0.2, 0) is 0 Å². The maximum absolute atomic E-state index is 2.38. The first-order chi connectivity index (χ1) is 7.71.